The van der Waals surface area contributed by atoms with Crippen LogP contribution in [-0.4, -0.2) is 67.5 Å². The van der Waals surface area contributed by atoms with Crippen molar-refractivity contribution < 1.29 is 24.1 Å². The summed E-state index contributed by atoms with van der Waals surface area (Å²) in [5.74, 6) is 2.34. The molecule has 2 aromatic rings. The summed E-state index contributed by atoms with van der Waals surface area (Å²) in [6.07, 6.45) is 8.44. The van der Waals surface area contributed by atoms with E-state index in [0.717, 1.165) is 92.0 Å². The molecule has 1 saturated carbocycles. The third-order valence-corrected chi connectivity index (χ3v) is 7.76. The van der Waals surface area contributed by atoms with Crippen molar-refractivity contribution >= 4 is 11.8 Å². The van der Waals surface area contributed by atoms with Gasteiger partial charge in [0.15, 0.2) is 0 Å². The number of anilines is 1. The molecule has 5 rings (SSSR count). The van der Waals surface area contributed by atoms with Gasteiger partial charge in [0.25, 0.3) is 0 Å². The highest BCUT2D eigenvalue weighted by Crippen LogP contribution is 2.48. The first-order valence-corrected chi connectivity index (χ1v) is 13.6. The molecule has 1 unspecified atom stereocenters. The average molecular weight is 510 g/mol. The Kier molecular flexibility index (Phi) is 8.15. The van der Waals surface area contributed by atoms with Crippen LogP contribution in [-0.2, 0) is 22.4 Å². The van der Waals surface area contributed by atoms with Crippen molar-refractivity contribution in [3.8, 4) is 11.5 Å². The van der Waals surface area contributed by atoms with Crippen molar-refractivity contribution in [3.63, 3.8) is 0 Å². The van der Waals surface area contributed by atoms with Gasteiger partial charge in [-0.1, -0.05) is 18.6 Å². The molecule has 0 amide bonds. The van der Waals surface area contributed by atoms with Gasteiger partial charge >= 0.3 is 5.97 Å². The van der Waals surface area contributed by atoms with Gasteiger partial charge in [-0.15, -0.1) is 0 Å². The van der Waals surface area contributed by atoms with E-state index < -0.39 is 12.0 Å². The first-order chi connectivity index (χ1) is 18.1. The summed E-state index contributed by atoms with van der Waals surface area (Å²) in [5, 5.41) is 13.5. The van der Waals surface area contributed by atoms with Crippen LogP contribution in [0.25, 0.3) is 0 Å². The fourth-order valence-electron chi connectivity index (χ4n) is 5.66. The van der Waals surface area contributed by atoms with E-state index in [-0.39, 0.29) is 6.10 Å². The third kappa shape index (κ3) is 5.85. The van der Waals surface area contributed by atoms with Gasteiger partial charge in [0.2, 0.25) is 0 Å². The summed E-state index contributed by atoms with van der Waals surface area (Å²) in [6, 6.07) is 7.22. The molecule has 2 N–H and O–H groups in total. The topological polar surface area (TPSA) is 93.2 Å². The molecular weight excluding hydrogens is 470 g/mol. The number of pyridine rings is 1. The zero-order valence-electron chi connectivity index (χ0n) is 22.0. The number of carboxylic acids is 1. The Bertz CT molecular complexity index is 1080. The smallest absolute Gasteiger partial charge is 0.325 e. The van der Waals surface area contributed by atoms with E-state index in [2.05, 4.69) is 11.4 Å². The van der Waals surface area contributed by atoms with Crippen molar-refractivity contribution in [1.82, 2.24) is 9.88 Å². The molecule has 0 bridgehead atoms. The predicted octanol–water partition coefficient (Wildman–Crippen LogP) is 4.57. The summed E-state index contributed by atoms with van der Waals surface area (Å²) in [7, 11) is 3.39. The van der Waals surface area contributed by atoms with Gasteiger partial charge in [0.05, 0.1) is 20.3 Å². The van der Waals surface area contributed by atoms with Crippen LogP contribution in [0.4, 0.5) is 5.82 Å². The number of nitrogens with one attached hydrogen (secondary N) is 1. The maximum absolute atomic E-state index is 12.3. The van der Waals surface area contributed by atoms with Crippen molar-refractivity contribution in [3.05, 3.63) is 46.6 Å². The number of aliphatic carboxylic acids is 1. The number of hydrogen-bond acceptors (Lipinski definition) is 7. The number of methoxy groups -OCH3 is 2. The van der Waals surface area contributed by atoms with Gasteiger partial charge in [-0.2, -0.15) is 0 Å². The van der Waals surface area contributed by atoms with E-state index in [4.69, 9.17) is 19.2 Å². The Balaban J connectivity index is 1.06. The number of carboxylic acid groups (broad SMARTS) is 1. The lowest BCUT2D eigenvalue weighted by atomic mass is 9.93. The van der Waals surface area contributed by atoms with Gasteiger partial charge in [0.1, 0.15) is 23.4 Å². The van der Waals surface area contributed by atoms with E-state index in [9.17, 15) is 9.90 Å². The van der Waals surface area contributed by atoms with Crippen LogP contribution >= 0.6 is 0 Å². The number of unbranched alkanes of at least 4 members (excludes halogenated alkanes) is 2. The largest absolute Gasteiger partial charge is 0.496 e. The highest BCUT2D eigenvalue weighted by atomic mass is 16.5. The third-order valence-electron chi connectivity index (χ3n) is 7.76. The molecule has 1 saturated heterocycles. The predicted molar refractivity (Wildman–Crippen MR) is 142 cm³/mol. The molecule has 0 radical (unpaired) electrons. The van der Waals surface area contributed by atoms with Gasteiger partial charge < -0.3 is 24.6 Å². The van der Waals surface area contributed by atoms with Crippen molar-refractivity contribution in [2.45, 2.75) is 69.4 Å². The van der Waals surface area contributed by atoms with Crippen LogP contribution in [0.2, 0.25) is 0 Å². The zero-order valence-corrected chi connectivity index (χ0v) is 22.0. The Morgan fingerprint density at radius 1 is 1.16 bits per heavy atom. The summed E-state index contributed by atoms with van der Waals surface area (Å²) in [6.45, 7) is 2.95. The van der Waals surface area contributed by atoms with Gasteiger partial charge in [-0.25, -0.2) is 4.98 Å². The van der Waals surface area contributed by atoms with E-state index in [0.29, 0.717) is 25.6 Å². The quantitative estimate of drug-likeness (QED) is 0.379. The second kappa shape index (κ2) is 11.7. The second-order valence-corrected chi connectivity index (χ2v) is 10.4. The van der Waals surface area contributed by atoms with Gasteiger partial charge in [0, 0.05) is 49.1 Å². The number of aromatic nitrogens is 1. The molecule has 2 fully saturated rings. The zero-order chi connectivity index (χ0) is 25.8. The minimum Gasteiger partial charge on any atom is -0.496 e. The number of rotatable bonds is 13. The fraction of sp³-hybridized carbons (Fsp3) is 0.586. The van der Waals surface area contributed by atoms with Crippen LogP contribution in [0, 0.1) is 0 Å². The molecule has 1 atom stereocenters. The SMILES string of the molecule is COc1cc(CCCCCOC2CN(C(C(=O)O)c3cccc(OC)c3C3CC3)C2)nc2c1CCCN2. The highest BCUT2D eigenvalue weighted by molar-refractivity contribution is 5.77. The van der Waals surface area contributed by atoms with E-state index in [1.165, 1.54) is 5.56 Å². The monoisotopic (exact) mass is 509 g/mol. The van der Waals surface area contributed by atoms with Crippen molar-refractivity contribution in [2.75, 3.05) is 45.8 Å². The first kappa shape index (κ1) is 25.8. The number of fused-ring (bicyclic) bond motifs is 1. The molecule has 3 aliphatic rings. The molecule has 8 heteroatoms. The molecule has 0 spiro atoms. The van der Waals surface area contributed by atoms with E-state index >= 15 is 0 Å². The minimum absolute atomic E-state index is 0.0921. The lowest BCUT2D eigenvalue weighted by Gasteiger charge is -2.43. The number of hydrogen-bond donors (Lipinski definition) is 2. The van der Waals surface area contributed by atoms with Gasteiger partial charge in [-0.05, 0) is 62.5 Å². The van der Waals surface area contributed by atoms with Crippen LogP contribution < -0.4 is 14.8 Å². The van der Waals surface area contributed by atoms with E-state index in [1.54, 1.807) is 14.2 Å². The van der Waals surface area contributed by atoms with E-state index in [1.807, 2.05) is 23.1 Å². The second-order valence-electron chi connectivity index (χ2n) is 10.4. The standard InChI is InChI=1S/C29H39N3O5/c1-35-24-11-6-9-23(26(24)19-12-13-19)27(29(33)34)32-17-21(18-32)37-15-5-3-4-8-20-16-25(36-2)22-10-7-14-30-28(22)31-20/h6,9,11,16,19,21,27H,3-5,7-8,10,12-15,17-18H2,1-2H3,(H,30,31)(H,33,34). The van der Waals surface area contributed by atoms with Crippen LogP contribution in [0.1, 0.15) is 72.9 Å². The Labute approximate surface area is 219 Å². The van der Waals surface area contributed by atoms with Crippen molar-refractivity contribution in [2.24, 2.45) is 0 Å². The summed E-state index contributed by atoms with van der Waals surface area (Å²) < 4.78 is 17.2. The first-order valence-electron chi connectivity index (χ1n) is 13.6. The summed E-state index contributed by atoms with van der Waals surface area (Å²) in [5.41, 5.74) is 4.21. The lowest BCUT2D eigenvalue weighted by Crippen LogP contribution is -2.55. The van der Waals surface area contributed by atoms with Crippen LogP contribution in [0.3, 0.4) is 0 Å². The maximum atomic E-state index is 12.3. The number of ether oxygens (including phenoxy) is 3. The summed E-state index contributed by atoms with van der Waals surface area (Å²) >= 11 is 0. The van der Waals surface area contributed by atoms with Crippen LogP contribution in [0.5, 0.6) is 11.5 Å². The molecule has 3 heterocycles. The minimum atomic E-state index is -0.809. The molecule has 1 aromatic carbocycles. The number of nitrogens with zero attached hydrogens (tertiary/aromatic N) is 2. The van der Waals surface area contributed by atoms with Gasteiger partial charge in [-0.3, -0.25) is 9.69 Å². The Morgan fingerprint density at radius 3 is 2.70 bits per heavy atom. The molecular formula is C29H39N3O5. The lowest BCUT2D eigenvalue weighted by molar-refractivity contribution is -0.151. The molecule has 1 aliphatic carbocycles. The Hall–Kier alpha value is -2.84. The molecule has 1 aromatic heterocycles. The average Bonchev–Trinajstić information content (AvgIpc) is 3.73. The number of aryl methyl sites for hydroxylation is 1. The molecule has 8 nitrogen and oxygen atoms in total. The van der Waals surface area contributed by atoms with Crippen molar-refractivity contribution in [1.29, 1.82) is 0 Å². The molecule has 200 valence electrons. The maximum Gasteiger partial charge on any atom is 0.325 e. The number of benzene rings is 1. The molecule has 2 aliphatic heterocycles. The summed E-state index contributed by atoms with van der Waals surface area (Å²) in [4.78, 5) is 19.1. The van der Waals surface area contributed by atoms with Crippen LogP contribution in [0.15, 0.2) is 24.3 Å². The fourth-order valence-corrected chi connectivity index (χ4v) is 5.66. The number of likely N-dealkylation sites (tertiary alicyclic amines) is 1. The highest BCUT2D eigenvalue weighted by Gasteiger charge is 2.41. The molecule has 37 heavy (non-hydrogen) atoms. The normalized spacial score (nSPS) is 18.4. The Morgan fingerprint density at radius 2 is 1.97 bits per heavy atom. The number of carbonyl (C=O) groups is 1.